The molecule has 0 bridgehead atoms. The van der Waals surface area contributed by atoms with Crippen LogP contribution in [0.15, 0.2) is 0 Å². The molecule has 0 heterocycles. The van der Waals surface area contributed by atoms with Crippen molar-refractivity contribution >= 4 is 12.1 Å². The molecule has 0 aromatic heterocycles. The summed E-state index contributed by atoms with van der Waals surface area (Å²) in [6.07, 6.45) is 4.61. The zero-order chi connectivity index (χ0) is 14.5. The molecule has 5 heteroatoms. The smallest absolute Gasteiger partial charge is 0.406 e. The van der Waals surface area contributed by atoms with Crippen molar-refractivity contribution in [2.24, 2.45) is 5.92 Å². The molecule has 0 radical (unpaired) electrons. The molecule has 0 aromatic carbocycles. The van der Waals surface area contributed by atoms with Crippen molar-refractivity contribution in [3.8, 4) is 0 Å². The van der Waals surface area contributed by atoms with E-state index in [9.17, 15) is 9.59 Å². The maximum Gasteiger partial charge on any atom is 0.406 e. The van der Waals surface area contributed by atoms with Crippen LogP contribution < -0.4 is 5.32 Å². The molecular weight excluding hydrogens is 246 g/mol. The maximum absolute atomic E-state index is 11.4. The van der Waals surface area contributed by atoms with Gasteiger partial charge in [0.15, 0.2) is 0 Å². The van der Waals surface area contributed by atoms with Crippen LogP contribution >= 0.6 is 0 Å². The van der Waals surface area contributed by atoms with Crippen LogP contribution in [0.3, 0.4) is 0 Å². The van der Waals surface area contributed by atoms with Crippen molar-refractivity contribution in [1.29, 1.82) is 0 Å². The number of nitrogens with one attached hydrogen (secondary N) is 1. The van der Waals surface area contributed by atoms with E-state index in [1.165, 1.54) is 7.11 Å². The topological polar surface area (TPSA) is 64.6 Å². The van der Waals surface area contributed by atoms with E-state index in [1.54, 1.807) is 0 Å². The lowest BCUT2D eigenvalue weighted by atomic mass is 10.1. The van der Waals surface area contributed by atoms with Gasteiger partial charge in [0.1, 0.15) is 0 Å². The van der Waals surface area contributed by atoms with E-state index in [4.69, 9.17) is 4.74 Å². The van der Waals surface area contributed by atoms with Crippen LogP contribution in [-0.4, -0.2) is 32.3 Å². The molecule has 0 saturated carbocycles. The van der Waals surface area contributed by atoms with E-state index in [0.717, 1.165) is 32.1 Å². The lowest BCUT2D eigenvalue weighted by Crippen LogP contribution is -2.23. The van der Waals surface area contributed by atoms with Crippen molar-refractivity contribution in [1.82, 2.24) is 5.32 Å². The number of hydrogen-bond acceptors (Lipinski definition) is 4. The Morgan fingerprint density at radius 1 is 1.11 bits per heavy atom. The molecule has 0 spiro atoms. The van der Waals surface area contributed by atoms with E-state index < -0.39 is 6.09 Å². The molecule has 0 atom stereocenters. The Balaban J connectivity index is 3.27. The first-order chi connectivity index (χ1) is 9.06. The maximum atomic E-state index is 11.4. The number of rotatable bonds is 10. The van der Waals surface area contributed by atoms with Gasteiger partial charge in [0.25, 0.3) is 0 Å². The van der Waals surface area contributed by atoms with Crippen LogP contribution in [0, 0.1) is 5.92 Å². The van der Waals surface area contributed by atoms with Crippen molar-refractivity contribution in [3.63, 3.8) is 0 Å². The number of ether oxygens (including phenoxy) is 2. The van der Waals surface area contributed by atoms with E-state index in [1.807, 2.05) is 0 Å². The Morgan fingerprint density at radius 3 is 2.47 bits per heavy atom. The standard InChI is InChI=1S/C14H27NO4/c1-12(2)8-7-11-19-13(16)9-5-4-6-10-15-14(17)18-3/h12H,4-11H2,1-3H3,(H,15,17). The second-order valence-corrected chi connectivity index (χ2v) is 4.99. The fraction of sp³-hybridized carbons (Fsp3) is 0.857. The van der Waals surface area contributed by atoms with Crippen molar-refractivity contribution < 1.29 is 19.1 Å². The number of methoxy groups -OCH3 is 1. The van der Waals surface area contributed by atoms with Crippen LogP contribution in [0.5, 0.6) is 0 Å². The first-order valence-electron chi connectivity index (χ1n) is 7.03. The van der Waals surface area contributed by atoms with E-state index >= 15 is 0 Å². The summed E-state index contributed by atoms with van der Waals surface area (Å²) in [6.45, 7) is 5.42. The predicted molar refractivity (Wildman–Crippen MR) is 73.9 cm³/mol. The lowest BCUT2D eigenvalue weighted by molar-refractivity contribution is -0.143. The minimum atomic E-state index is -0.412. The third-order valence-electron chi connectivity index (χ3n) is 2.70. The highest BCUT2D eigenvalue weighted by molar-refractivity contribution is 5.69. The molecule has 112 valence electrons. The lowest BCUT2D eigenvalue weighted by Gasteiger charge is -2.06. The summed E-state index contributed by atoms with van der Waals surface area (Å²) in [5, 5.41) is 2.60. The molecular formula is C14H27NO4. The predicted octanol–water partition coefficient (Wildman–Crippen LogP) is 2.88. The number of hydrogen-bond donors (Lipinski definition) is 1. The van der Waals surface area contributed by atoms with Crippen molar-refractivity contribution in [3.05, 3.63) is 0 Å². The molecule has 1 amide bonds. The van der Waals surface area contributed by atoms with Gasteiger partial charge in [-0.15, -0.1) is 0 Å². The number of carbonyl (C=O) groups excluding carboxylic acids is 2. The van der Waals surface area contributed by atoms with Crippen LogP contribution in [0.1, 0.15) is 52.4 Å². The number of amides is 1. The summed E-state index contributed by atoms with van der Waals surface area (Å²) in [6, 6.07) is 0. The number of unbranched alkanes of at least 4 members (excludes halogenated alkanes) is 2. The van der Waals surface area contributed by atoms with Gasteiger partial charge in [-0.2, -0.15) is 0 Å². The normalized spacial score (nSPS) is 10.3. The zero-order valence-electron chi connectivity index (χ0n) is 12.4. The molecule has 0 aliphatic heterocycles. The van der Waals surface area contributed by atoms with E-state index in [0.29, 0.717) is 25.5 Å². The Labute approximate surface area is 116 Å². The van der Waals surface area contributed by atoms with E-state index in [-0.39, 0.29) is 5.97 Å². The number of esters is 1. The summed E-state index contributed by atoms with van der Waals surface area (Å²) in [5.41, 5.74) is 0. The molecule has 5 nitrogen and oxygen atoms in total. The van der Waals surface area contributed by atoms with Gasteiger partial charge in [-0.25, -0.2) is 4.79 Å². The summed E-state index contributed by atoms with van der Waals surface area (Å²) in [5.74, 6) is 0.533. The molecule has 1 N–H and O–H groups in total. The second kappa shape index (κ2) is 11.8. The van der Waals surface area contributed by atoms with E-state index in [2.05, 4.69) is 23.9 Å². The third-order valence-corrected chi connectivity index (χ3v) is 2.70. The quantitative estimate of drug-likeness (QED) is 0.491. The Hall–Kier alpha value is -1.26. The van der Waals surface area contributed by atoms with Crippen LogP contribution in [0.2, 0.25) is 0 Å². The number of carbonyl (C=O) groups is 2. The molecule has 0 saturated heterocycles. The minimum Gasteiger partial charge on any atom is -0.466 e. The fourth-order valence-corrected chi connectivity index (χ4v) is 1.58. The second-order valence-electron chi connectivity index (χ2n) is 4.99. The molecule has 0 unspecified atom stereocenters. The largest absolute Gasteiger partial charge is 0.466 e. The third kappa shape index (κ3) is 13.0. The van der Waals surface area contributed by atoms with Gasteiger partial charge >= 0.3 is 12.1 Å². The summed E-state index contributed by atoms with van der Waals surface area (Å²) < 4.78 is 9.57. The van der Waals surface area contributed by atoms with Crippen LogP contribution in [-0.2, 0) is 14.3 Å². The average Bonchev–Trinajstić information content (AvgIpc) is 2.38. The fourth-order valence-electron chi connectivity index (χ4n) is 1.58. The highest BCUT2D eigenvalue weighted by Gasteiger charge is 2.03. The van der Waals surface area contributed by atoms with Crippen LogP contribution in [0.4, 0.5) is 4.79 Å². The first kappa shape index (κ1) is 17.7. The van der Waals surface area contributed by atoms with Crippen molar-refractivity contribution in [2.45, 2.75) is 52.4 Å². The van der Waals surface area contributed by atoms with Gasteiger partial charge < -0.3 is 14.8 Å². The molecule has 19 heavy (non-hydrogen) atoms. The molecule has 0 aliphatic carbocycles. The van der Waals surface area contributed by atoms with Gasteiger partial charge in [0.05, 0.1) is 13.7 Å². The molecule has 0 fully saturated rings. The van der Waals surface area contributed by atoms with Gasteiger partial charge in [-0.05, 0) is 31.6 Å². The summed E-state index contributed by atoms with van der Waals surface area (Å²) >= 11 is 0. The Morgan fingerprint density at radius 2 is 1.84 bits per heavy atom. The van der Waals surface area contributed by atoms with Gasteiger partial charge in [-0.1, -0.05) is 20.3 Å². The molecule has 0 aliphatic rings. The highest BCUT2D eigenvalue weighted by atomic mass is 16.5. The zero-order valence-corrected chi connectivity index (χ0v) is 12.4. The SMILES string of the molecule is COC(=O)NCCCCCC(=O)OCCCC(C)C. The molecule has 0 aromatic rings. The Kier molecular flexibility index (Phi) is 11.0. The van der Waals surface area contributed by atoms with Crippen molar-refractivity contribution in [2.75, 3.05) is 20.3 Å². The monoisotopic (exact) mass is 273 g/mol. The van der Waals surface area contributed by atoms with Gasteiger partial charge in [0, 0.05) is 13.0 Å². The van der Waals surface area contributed by atoms with Gasteiger partial charge in [0.2, 0.25) is 0 Å². The molecule has 0 rings (SSSR count). The minimum absolute atomic E-state index is 0.121. The van der Waals surface area contributed by atoms with Crippen LogP contribution in [0.25, 0.3) is 0 Å². The average molecular weight is 273 g/mol. The summed E-state index contributed by atoms with van der Waals surface area (Å²) in [4.78, 5) is 22.1. The number of alkyl carbamates (subject to hydrolysis) is 1. The summed E-state index contributed by atoms with van der Waals surface area (Å²) in [7, 11) is 1.34. The highest BCUT2D eigenvalue weighted by Crippen LogP contribution is 2.05. The first-order valence-corrected chi connectivity index (χ1v) is 7.03. The Bertz CT molecular complexity index is 254. The van der Waals surface area contributed by atoms with Gasteiger partial charge in [-0.3, -0.25) is 4.79 Å².